The summed E-state index contributed by atoms with van der Waals surface area (Å²) in [6.45, 7) is 7.52. The molecular weight excluding hydrogens is 134 g/mol. The number of hydrogen-bond acceptors (Lipinski definition) is 1. The van der Waals surface area contributed by atoms with Crippen molar-refractivity contribution in [3.8, 4) is 0 Å². The van der Waals surface area contributed by atoms with Crippen LogP contribution in [-0.4, -0.2) is 6.54 Å². The molecular formula is C10H21N. The Balaban J connectivity index is 3.69. The molecule has 0 unspecified atom stereocenters. The van der Waals surface area contributed by atoms with Crippen LogP contribution < -0.4 is 5.73 Å². The average Bonchev–Trinajstić information content (AvgIpc) is 1.87. The third-order valence-electron chi connectivity index (χ3n) is 1.80. The molecule has 0 bridgehead atoms. The van der Waals surface area contributed by atoms with Gasteiger partial charge in [0.05, 0.1) is 0 Å². The molecule has 0 fully saturated rings. The fraction of sp³-hybridized carbons (Fsp3) is 0.800. The second kappa shape index (κ2) is 5.36. The molecule has 11 heavy (non-hydrogen) atoms. The van der Waals surface area contributed by atoms with E-state index in [1.54, 1.807) is 0 Å². The normalized spacial score (nSPS) is 12.7. The third kappa shape index (κ3) is 6.11. The van der Waals surface area contributed by atoms with Crippen molar-refractivity contribution >= 4 is 0 Å². The van der Waals surface area contributed by atoms with Crippen LogP contribution in [0.15, 0.2) is 12.2 Å². The second-order valence-electron chi connectivity index (χ2n) is 3.72. The van der Waals surface area contributed by atoms with E-state index in [0.717, 1.165) is 13.0 Å². The summed E-state index contributed by atoms with van der Waals surface area (Å²) in [6.07, 6.45) is 7.99. The summed E-state index contributed by atoms with van der Waals surface area (Å²) in [4.78, 5) is 0. The van der Waals surface area contributed by atoms with E-state index in [4.69, 9.17) is 5.73 Å². The smallest absolute Gasteiger partial charge is 0.00426 e. The minimum absolute atomic E-state index is 0.365. The quantitative estimate of drug-likeness (QED) is 0.607. The molecule has 0 aliphatic rings. The molecule has 1 nitrogen and oxygen atoms in total. The van der Waals surface area contributed by atoms with Crippen molar-refractivity contribution in [2.24, 2.45) is 11.1 Å². The third-order valence-corrected chi connectivity index (χ3v) is 1.80. The first kappa shape index (κ1) is 10.7. The van der Waals surface area contributed by atoms with Crippen molar-refractivity contribution in [1.82, 2.24) is 0 Å². The number of hydrogen-bond donors (Lipinski definition) is 1. The highest BCUT2D eigenvalue weighted by molar-refractivity contribution is 4.94. The van der Waals surface area contributed by atoms with Gasteiger partial charge >= 0.3 is 0 Å². The fourth-order valence-corrected chi connectivity index (χ4v) is 1.23. The summed E-state index contributed by atoms with van der Waals surface area (Å²) >= 11 is 0. The highest BCUT2D eigenvalue weighted by atomic mass is 14.5. The van der Waals surface area contributed by atoms with E-state index in [2.05, 4.69) is 32.9 Å². The van der Waals surface area contributed by atoms with Crippen LogP contribution in [0.25, 0.3) is 0 Å². The van der Waals surface area contributed by atoms with Gasteiger partial charge in [0.15, 0.2) is 0 Å². The van der Waals surface area contributed by atoms with Gasteiger partial charge in [0.25, 0.3) is 0 Å². The summed E-state index contributed by atoms with van der Waals surface area (Å²) in [6, 6.07) is 0. The summed E-state index contributed by atoms with van der Waals surface area (Å²) in [5.41, 5.74) is 5.75. The van der Waals surface area contributed by atoms with Gasteiger partial charge in [0.2, 0.25) is 0 Å². The van der Waals surface area contributed by atoms with Gasteiger partial charge in [-0.15, -0.1) is 0 Å². The van der Waals surface area contributed by atoms with E-state index in [1.165, 1.54) is 12.8 Å². The zero-order valence-electron chi connectivity index (χ0n) is 8.06. The summed E-state index contributed by atoms with van der Waals surface area (Å²) in [5, 5.41) is 0. The lowest BCUT2D eigenvalue weighted by Crippen LogP contribution is -2.06. The molecule has 1 heteroatoms. The Hall–Kier alpha value is -0.300. The van der Waals surface area contributed by atoms with Crippen LogP contribution in [0.3, 0.4) is 0 Å². The lowest BCUT2D eigenvalue weighted by molar-refractivity contribution is 0.431. The van der Waals surface area contributed by atoms with Gasteiger partial charge in [-0.1, -0.05) is 39.3 Å². The van der Waals surface area contributed by atoms with Crippen molar-refractivity contribution in [3.05, 3.63) is 12.2 Å². The van der Waals surface area contributed by atoms with E-state index in [1.807, 2.05) is 0 Å². The molecule has 0 aliphatic carbocycles. The van der Waals surface area contributed by atoms with Crippen LogP contribution in [0.1, 0.15) is 40.0 Å². The molecule has 0 amide bonds. The number of nitrogens with two attached hydrogens (primary N) is 1. The Kier molecular flexibility index (Phi) is 5.22. The standard InChI is InChI=1S/C10H21N/c1-4-7-10(2,3)8-5-6-9-11/h5,8H,4,6-7,9,11H2,1-3H3/b8-5-. The van der Waals surface area contributed by atoms with Crippen LogP contribution in [-0.2, 0) is 0 Å². The van der Waals surface area contributed by atoms with Crippen LogP contribution >= 0.6 is 0 Å². The molecule has 0 rings (SSSR count). The molecule has 2 N–H and O–H groups in total. The molecule has 0 radical (unpaired) electrons. The van der Waals surface area contributed by atoms with E-state index >= 15 is 0 Å². The van der Waals surface area contributed by atoms with Gasteiger partial charge in [0, 0.05) is 0 Å². The van der Waals surface area contributed by atoms with E-state index in [9.17, 15) is 0 Å². The predicted octanol–water partition coefficient (Wildman–Crippen LogP) is 2.72. The van der Waals surface area contributed by atoms with Crippen LogP contribution in [0.4, 0.5) is 0 Å². The molecule has 66 valence electrons. The van der Waals surface area contributed by atoms with E-state index in [-0.39, 0.29) is 0 Å². The summed E-state index contributed by atoms with van der Waals surface area (Å²) < 4.78 is 0. The molecule has 0 spiro atoms. The first-order chi connectivity index (χ1) is 5.12. The zero-order chi connectivity index (χ0) is 8.74. The van der Waals surface area contributed by atoms with Gasteiger partial charge in [-0.05, 0) is 24.8 Å². The first-order valence-corrected chi connectivity index (χ1v) is 4.50. The molecule has 0 saturated carbocycles. The van der Waals surface area contributed by atoms with Gasteiger partial charge in [-0.2, -0.15) is 0 Å². The Morgan fingerprint density at radius 3 is 2.45 bits per heavy atom. The summed E-state index contributed by atoms with van der Waals surface area (Å²) in [5.74, 6) is 0. The highest BCUT2D eigenvalue weighted by Gasteiger charge is 2.10. The first-order valence-electron chi connectivity index (χ1n) is 4.50. The second-order valence-corrected chi connectivity index (χ2v) is 3.72. The maximum atomic E-state index is 5.38. The Morgan fingerprint density at radius 1 is 1.36 bits per heavy atom. The number of allylic oxidation sites excluding steroid dienone is 1. The van der Waals surface area contributed by atoms with Crippen molar-refractivity contribution in [2.75, 3.05) is 6.54 Å². The molecule has 0 aromatic heterocycles. The van der Waals surface area contributed by atoms with Gasteiger partial charge in [-0.3, -0.25) is 0 Å². The lowest BCUT2D eigenvalue weighted by atomic mass is 9.87. The maximum absolute atomic E-state index is 5.38. The zero-order valence-corrected chi connectivity index (χ0v) is 8.06. The molecule has 0 aliphatic heterocycles. The molecule has 0 saturated heterocycles. The Labute approximate surface area is 70.7 Å². The highest BCUT2D eigenvalue weighted by Crippen LogP contribution is 2.23. The predicted molar refractivity (Wildman–Crippen MR) is 51.5 cm³/mol. The van der Waals surface area contributed by atoms with Crippen molar-refractivity contribution in [2.45, 2.75) is 40.0 Å². The molecule has 0 aromatic rings. The Bertz CT molecular complexity index is 114. The molecule has 0 heterocycles. The summed E-state index contributed by atoms with van der Waals surface area (Å²) in [7, 11) is 0. The van der Waals surface area contributed by atoms with Crippen molar-refractivity contribution in [1.29, 1.82) is 0 Å². The van der Waals surface area contributed by atoms with Gasteiger partial charge < -0.3 is 5.73 Å². The van der Waals surface area contributed by atoms with Crippen LogP contribution in [0, 0.1) is 5.41 Å². The van der Waals surface area contributed by atoms with Crippen molar-refractivity contribution in [3.63, 3.8) is 0 Å². The minimum atomic E-state index is 0.365. The molecule has 0 aromatic carbocycles. The van der Waals surface area contributed by atoms with Gasteiger partial charge in [0.1, 0.15) is 0 Å². The van der Waals surface area contributed by atoms with Crippen LogP contribution in [0.2, 0.25) is 0 Å². The molecule has 0 atom stereocenters. The van der Waals surface area contributed by atoms with E-state index in [0.29, 0.717) is 5.41 Å². The largest absolute Gasteiger partial charge is 0.330 e. The minimum Gasteiger partial charge on any atom is -0.330 e. The topological polar surface area (TPSA) is 26.0 Å². The Morgan fingerprint density at radius 2 is 2.00 bits per heavy atom. The lowest BCUT2D eigenvalue weighted by Gasteiger charge is -2.18. The van der Waals surface area contributed by atoms with Crippen molar-refractivity contribution < 1.29 is 0 Å². The maximum Gasteiger partial charge on any atom is -0.00426 e. The fourth-order valence-electron chi connectivity index (χ4n) is 1.23. The monoisotopic (exact) mass is 155 g/mol. The SMILES string of the molecule is CCCC(C)(C)/C=C\CCN. The van der Waals surface area contributed by atoms with E-state index < -0.39 is 0 Å². The average molecular weight is 155 g/mol. The van der Waals surface area contributed by atoms with Crippen LogP contribution in [0.5, 0.6) is 0 Å². The number of rotatable bonds is 5. The van der Waals surface area contributed by atoms with Gasteiger partial charge in [-0.25, -0.2) is 0 Å².